The molecular weight excluding hydrogens is 422 g/mol. The van der Waals surface area contributed by atoms with Crippen LogP contribution >= 0.6 is 0 Å². The summed E-state index contributed by atoms with van der Waals surface area (Å²) in [6.07, 6.45) is 1.94. The van der Waals surface area contributed by atoms with Crippen molar-refractivity contribution in [3.63, 3.8) is 0 Å². The Labute approximate surface area is 190 Å². The number of nitrogens with one attached hydrogen (secondary N) is 1. The summed E-state index contributed by atoms with van der Waals surface area (Å²) in [5, 5.41) is 7.25. The lowest BCUT2D eigenvalue weighted by Crippen LogP contribution is -2.36. The van der Waals surface area contributed by atoms with Gasteiger partial charge in [0.25, 0.3) is 5.88 Å². The normalized spacial score (nSPS) is 15.9. The average molecular weight is 447 g/mol. The summed E-state index contributed by atoms with van der Waals surface area (Å²) in [6, 6.07) is 13.0. The van der Waals surface area contributed by atoms with Gasteiger partial charge in [0, 0.05) is 13.2 Å². The predicted octanol–water partition coefficient (Wildman–Crippen LogP) is 2.75. The largest absolute Gasteiger partial charge is 0.436 e. The summed E-state index contributed by atoms with van der Waals surface area (Å²) in [4.78, 5) is 30.4. The van der Waals surface area contributed by atoms with E-state index < -0.39 is 5.69 Å². The molecule has 1 fully saturated rings. The number of aromatic nitrogens is 4. The average Bonchev–Trinajstić information content (AvgIpc) is 3.44. The van der Waals surface area contributed by atoms with Crippen LogP contribution in [0.4, 0.5) is 0 Å². The molecule has 1 aliphatic heterocycles. The van der Waals surface area contributed by atoms with Gasteiger partial charge in [0.1, 0.15) is 12.3 Å². The first-order chi connectivity index (χ1) is 16.0. The number of aryl methyl sites for hydroxylation is 1. The van der Waals surface area contributed by atoms with Gasteiger partial charge in [0.05, 0.1) is 17.1 Å². The van der Waals surface area contributed by atoms with Crippen LogP contribution in [0, 0.1) is 13.8 Å². The molecule has 1 aliphatic rings. The summed E-state index contributed by atoms with van der Waals surface area (Å²) in [7, 11) is 0. The maximum atomic E-state index is 13.2. The van der Waals surface area contributed by atoms with Crippen LogP contribution in [0.3, 0.4) is 0 Å². The predicted molar refractivity (Wildman–Crippen MR) is 123 cm³/mol. The molecule has 0 radical (unpaired) electrons. The van der Waals surface area contributed by atoms with Gasteiger partial charge < -0.3 is 14.8 Å². The minimum atomic E-state index is -0.429. The Morgan fingerprint density at radius 2 is 2.06 bits per heavy atom. The third-order valence-electron chi connectivity index (χ3n) is 5.98. The molecule has 0 spiro atoms. The fraction of sp³-hybridized carbons (Fsp3) is 0.333. The zero-order valence-electron chi connectivity index (χ0n) is 18.6. The highest BCUT2D eigenvalue weighted by Crippen LogP contribution is 2.29. The van der Waals surface area contributed by atoms with Gasteiger partial charge in [-0.05, 0) is 56.0 Å². The molecule has 170 valence electrons. The lowest BCUT2D eigenvalue weighted by Gasteiger charge is -2.11. The molecule has 0 aliphatic carbocycles. The summed E-state index contributed by atoms with van der Waals surface area (Å²) in [5.74, 6) is 0.541. The molecule has 1 unspecified atom stereocenters. The van der Waals surface area contributed by atoms with E-state index in [1.807, 2.05) is 50.2 Å². The Bertz CT molecular complexity index is 1400. The van der Waals surface area contributed by atoms with E-state index in [9.17, 15) is 9.59 Å². The molecule has 3 heterocycles. The molecule has 5 rings (SSSR count). The third-order valence-corrected chi connectivity index (χ3v) is 5.98. The molecule has 1 saturated heterocycles. The second-order valence-corrected chi connectivity index (χ2v) is 8.24. The number of ether oxygens (including phenoxy) is 2. The maximum Gasteiger partial charge on any atom is 0.351 e. The highest BCUT2D eigenvalue weighted by molar-refractivity contribution is 5.80. The summed E-state index contributed by atoms with van der Waals surface area (Å²) < 4.78 is 14.3. The smallest absolute Gasteiger partial charge is 0.351 e. The number of fused-ring (bicyclic) bond motifs is 3. The second kappa shape index (κ2) is 8.67. The summed E-state index contributed by atoms with van der Waals surface area (Å²) >= 11 is 0. The van der Waals surface area contributed by atoms with E-state index in [0.717, 1.165) is 35.3 Å². The Kier molecular flexibility index (Phi) is 5.55. The van der Waals surface area contributed by atoms with Crippen molar-refractivity contribution >= 4 is 22.6 Å². The minimum Gasteiger partial charge on any atom is -0.436 e. The molecular formula is C24H25N5O4. The van der Waals surface area contributed by atoms with Crippen molar-refractivity contribution in [2.75, 3.05) is 13.2 Å². The van der Waals surface area contributed by atoms with Crippen LogP contribution in [0.15, 0.2) is 47.3 Å². The Balaban J connectivity index is 1.53. The molecule has 4 aromatic rings. The van der Waals surface area contributed by atoms with E-state index in [-0.39, 0.29) is 30.1 Å². The maximum absolute atomic E-state index is 13.2. The van der Waals surface area contributed by atoms with Crippen LogP contribution in [-0.4, -0.2) is 44.3 Å². The topological polar surface area (TPSA) is 99.8 Å². The first kappa shape index (κ1) is 21.1. The number of benzene rings is 2. The molecule has 1 N–H and O–H groups in total. The highest BCUT2D eigenvalue weighted by Gasteiger charge is 2.21. The van der Waals surface area contributed by atoms with Gasteiger partial charge in [0.15, 0.2) is 0 Å². The number of hydrogen-bond acceptors (Lipinski definition) is 6. The van der Waals surface area contributed by atoms with Gasteiger partial charge in [0.2, 0.25) is 11.6 Å². The molecule has 33 heavy (non-hydrogen) atoms. The molecule has 0 bridgehead atoms. The molecule has 9 nitrogen and oxygen atoms in total. The van der Waals surface area contributed by atoms with Crippen molar-refractivity contribution in [2.45, 2.75) is 39.3 Å². The lowest BCUT2D eigenvalue weighted by atomic mass is 10.1. The van der Waals surface area contributed by atoms with E-state index in [4.69, 9.17) is 9.47 Å². The lowest BCUT2D eigenvalue weighted by molar-refractivity contribution is -0.122. The van der Waals surface area contributed by atoms with Gasteiger partial charge in [-0.15, -0.1) is 5.10 Å². The minimum absolute atomic E-state index is 0.0254. The van der Waals surface area contributed by atoms with Crippen LogP contribution in [0.25, 0.3) is 16.7 Å². The summed E-state index contributed by atoms with van der Waals surface area (Å²) in [5.41, 5.74) is 3.07. The number of nitrogens with zero attached hydrogens (tertiary/aromatic N) is 4. The van der Waals surface area contributed by atoms with Crippen LogP contribution < -0.4 is 15.7 Å². The van der Waals surface area contributed by atoms with Crippen molar-refractivity contribution in [3.8, 4) is 11.6 Å². The first-order valence-electron chi connectivity index (χ1n) is 11.0. The molecule has 2 aromatic heterocycles. The summed E-state index contributed by atoms with van der Waals surface area (Å²) in [6.45, 7) is 4.90. The van der Waals surface area contributed by atoms with E-state index in [2.05, 4.69) is 15.4 Å². The van der Waals surface area contributed by atoms with Crippen LogP contribution in [-0.2, 0) is 16.1 Å². The zero-order chi connectivity index (χ0) is 22.9. The molecule has 9 heteroatoms. The zero-order valence-corrected chi connectivity index (χ0v) is 18.6. The fourth-order valence-electron chi connectivity index (χ4n) is 4.01. The van der Waals surface area contributed by atoms with Crippen molar-refractivity contribution in [3.05, 3.63) is 64.1 Å². The standard InChI is InChI=1S/C24H25N5O4/c1-15-7-5-11-20(16(15)2)33-23-22-27-28(14-21(30)25-13-17-8-6-12-32-17)24(31)29(22)19-10-4-3-9-18(19)26-23/h3-5,7,9-11,17H,6,8,12-14H2,1-2H3,(H,25,30). The van der Waals surface area contributed by atoms with Crippen molar-refractivity contribution in [2.24, 2.45) is 0 Å². The molecule has 0 saturated carbocycles. The number of para-hydroxylation sites is 2. The van der Waals surface area contributed by atoms with Gasteiger partial charge in [-0.2, -0.15) is 0 Å². The third kappa shape index (κ3) is 4.07. The van der Waals surface area contributed by atoms with Gasteiger partial charge in [-0.1, -0.05) is 24.3 Å². The quantitative estimate of drug-likeness (QED) is 0.488. The fourth-order valence-corrected chi connectivity index (χ4v) is 4.01. The molecule has 1 amide bonds. The Morgan fingerprint density at radius 1 is 1.21 bits per heavy atom. The van der Waals surface area contributed by atoms with E-state index in [0.29, 0.717) is 23.3 Å². The van der Waals surface area contributed by atoms with Crippen molar-refractivity contribution < 1.29 is 14.3 Å². The number of carbonyl (C=O) groups excluding carboxylic acids is 1. The monoisotopic (exact) mass is 447 g/mol. The van der Waals surface area contributed by atoms with E-state index in [1.165, 1.54) is 4.40 Å². The van der Waals surface area contributed by atoms with Crippen molar-refractivity contribution in [1.82, 2.24) is 24.5 Å². The molecule has 2 aromatic carbocycles. The Morgan fingerprint density at radius 3 is 2.88 bits per heavy atom. The number of carbonyl (C=O) groups is 1. The van der Waals surface area contributed by atoms with E-state index >= 15 is 0 Å². The van der Waals surface area contributed by atoms with Gasteiger partial charge in [-0.3, -0.25) is 4.79 Å². The van der Waals surface area contributed by atoms with E-state index in [1.54, 1.807) is 6.07 Å². The number of hydrogen-bond donors (Lipinski definition) is 1. The van der Waals surface area contributed by atoms with Crippen LogP contribution in [0.2, 0.25) is 0 Å². The Hall–Kier alpha value is -3.72. The van der Waals surface area contributed by atoms with Crippen LogP contribution in [0.1, 0.15) is 24.0 Å². The second-order valence-electron chi connectivity index (χ2n) is 8.24. The van der Waals surface area contributed by atoms with Gasteiger partial charge in [-0.25, -0.2) is 18.9 Å². The van der Waals surface area contributed by atoms with Crippen molar-refractivity contribution in [1.29, 1.82) is 0 Å². The first-order valence-corrected chi connectivity index (χ1v) is 11.0. The number of amides is 1. The van der Waals surface area contributed by atoms with Gasteiger partial charge >= 0.3 is 5.69 Å². The SMILES string of the molecule is Cc1cccc(Oc2nc3ccccc3n3c(=O)n(CC(=O)NCC4CCCO4)nc23)c1C. The van der Waals surface area contributed by atoms with Crippen LogP contribution in [0.5, 0.6) is 11.6 Å². The molecule has 1 atom stereocenters. The number of rotatable bonds is 6. The highest BCUT2D eigenvalue weighted by atomic mass is 16.5.